The van der Waals surface area contributed by atoms with Crippen LogP contribution in [0.5, 0.6) is 0 Å². The quantitative estimate of drug-likeness (QED) is 0.653. The molecule has 6 nitrogen and oxygen atoms in total. The normalized spacial score (nSPS) is 17.1. The molecule has 27 heavy (non-hydrogen) atoms. The van der Waals surface area contributed by atoms with Crippen molar-refractivity contribution >= 4 is 17.6 Å². The van der Waals surface area contributed by atoms with Crippen molar-refractivity contribution in [3.05, 3.63) is 24.2 Å². The van der Waals surface area contributed by atoms with Gasteiger partial charge in [0.2, 0.25) is 5.91 Å². The molecule has 2 atom stereocenters. The molecule has 2 rings (SSSR count). The molecule has 150 valence electrons. The number of furan rings is 1. The van der Waals surface area contributed by atoms with Crippen LogP contribution in [0.15, 0.2) is 23.0 Å². The molecule has 1 unspecified atom stereocenters. The lowest BCUT2D eigenvalue weighted by atomic mass is 9.84. The zero-order chi connectivity index (χ0) is 19.6. The number of ketones is 1. The first-order chi connectivity index (χ1) is 13.0. The number of hydrogen-bond acceptors (Lipinski definition) is 4. The number of carbonyl (C=O) groups is 3. The van der Waals surface area contributed by atoms with E-state index < -0.39 is 12.1 Å². The van der Waals surface area contributed by atoms with Crippen LogP contribution in [0.3, 0.4) is 0 Å². The van der Waals surface area contributed by atoms with Crippen LogP contribution in [0, 0.1) is 5.92 Å². The summed E-state index contributed by atoms with van der Waals surface area (Å²) in [6.45, 7) is 3.79. The summed E-state index contributed by atoms with van der Waals surface area (Å²) in [6, 6.07) is 0.456. The van der Waals surface area contributed by atoms with Gasteiger partial charge in [0.15, 0.2) is 5.78 Å². The maximum absolute atomic E-state index is 12.9. The highest BCUT2D eigenvalue weighted by Crippen LogP contribution is 2.27. The minimum Gasteiger partial charge on any atom is -0.472 e. The van der Waals surface area contributed by atoms with Gasteiger partial charge in [-0.05, 0) is 24.8 Å². The van der Waals surface area contributed by atoms with E-state index >= 15 is 0 Å². The average Bonchev–Trinajstić information content (AvgIpc) is 3.22. The lowest BCUT2D eigenvalue weighted by molar-refractivity contribution is -0.129. The van der Waals surface area contributed by atoms with Gasteiger partial charge in [0.1, 0.15) is 12.3 Å². The fraction of sp³-hybridized carbons (Fsp3) is 0.667. The fourth-order valence-electron chi connectivity index (χ4n) is 3.74. The maximum Gasteiger partial charge on any atom is 0.255 e. The predicted molar refractivity (Wildman–Crippen MR) is 103 cm³/mol. The molecule has 0 aromatic carbocycles. The van der Waals surface area contributed by atoms with E-state index in [1.54, 1.807) is 13.0 Å². The van der Waals surface area contributed by atoms with Crippen molar-refractivity contribution in [3.63, 3.8) is 0 Å². The van der Waals surface area contributed by atoms with Gasteiger partial charge in [-0.2, -0.15) is 0 Å². The van der Waals surface area contributed by atoms with Crippen LogP contribution in [0.4, 0.5) is 0 Å². The summed E-state index contributed by atoms with van der Waals surface area (Å²) in [4.78, 5) is 37.5. The standard InChI is InChI=1S/C21H32N2O4/c1-3-8-17(19(24)4-2)22-21(26)18(13-15-9-6-5-7-10-15)23-20(25)16-11-12-27-14-16/h11-12,14-15,17-18H,3-10,13H2,1-2H3,(H,22,26)(H,23,25)/t17?,18-/m0/s1. The lowest BCUT2D eigenvalue weighted by Gasteiger charge is -2.28. The van der Waals surface area contributed by atoms with Gasteiger partial charge >= 0.3 is 0 Å². The summed E-state index contributed by atoms with van der Waals surface area (Å²) in [7, 11) is 0. The Morgan fingerprint density at radius 3 is 2.44 bits per heavy atom. The Balaban J connectivity index is 2.07. The Kier molecular flexibility index (Phi) is 8.55. The van der Waals surface area contributed by atoms with Crippen LogP contribution in [-0.4, -0.2) is 29.7 Å². The monoisotopic (exact) mass is 376 g/mol. The van der Waals surface area contributed by atoms with E-state index in [4.69, 9.17) is 4.42 Å². The van der Waals surface area contributed by atoms with E-state index in [9.17, 15) is 14.4 Å². The van der Waals surface area contributed by atoms with Crippen LogP contribution in [0.25, 0.3) is 0 Å². The number of Topliss-reactive ketones (excluding diaryl/α,β-unsaturated/α-hetero) is 1. The van der Waals surface area contributed by atoms with Crippen LogP contribution in [0.2, 0.25) is 0 Å². The van der Waals surface area contributed by atoms with Gasteiger partial charge in [-0.1, -0.05) is 52.4 Å². The molecule has 0 radical (unpaired) electrons. The molecule has 1 aromatic rings. The second-order valence-electron chi connectivity index (χ2n) is 7.45. The molecule has 1 fully saturated rings. The molecule has 1 saturated carbocycles. The molecule has 0 bridgehead atoms. The first-order valence-corrected chi connectivity index (χ1v) is 10.2. The van der Waals surface area contributed by atoms with Crippen molar-refractivity contribution in [1.29, 1.82) is 0 Å². The van der Waals surface area contributed by atoms with Crippen molar-refractivity contribution in [2.24, 2.45) is 5.92 Å². The zero-order valence-electron chi connectivity index (χ0n) is 16.5. The second-order valence-corrected chi connectivity index (χ2v) is 7.45. The average molecular weight is 376 g/mol. The molecule has 6 heteroatoms. The lowest BCUT2D eigenvalue weighted by Crippen LogP contribution is -2.52. The first kappa shape index (κ1) is 21.2. The Hall–Kier alpha value is -2.11. The molecule has 1 aliphatic rings. The number of amides is 2. The van der Waals surface area contributed by atoms with E-state index in [0.717, 1.165) is 19.3 Å². The topological polar surface area (TPSA) is 88.4 Å². The summed E-state index contributed by atoms with van der Waals surface area (Å²) >= 11 is 0. The maximum atomic E-state index is 12.9. The summed E-state index contributed by atoms with van der Waals surface area (Å²) in [5.74, 6) is -0.139. The van der Waals surface area contributed by atoms with Gasteiger partial charge in [-0.15, -0.1) is 0 Å². The highest BCUT2D eigenvalue weighted by atomic mass is 16.3. The highest BCUT2D eigenvalue weighted by molar-refractivity contribution is 5.98. The molecule has 2 amide bonds. The molecule has 1 aliphatic carbocycles. The Bertz CT molecular complexity index is 606. The summed E-state index contributed by atoms with van der Waals surface area (Å²) < 4.78 is 4.96. The third-order valence-corrected chi connectivity index (χ3v) is 5.33. The molecule has 0 spiro atoms. The van der Waals surface area contributed by atoms with E-state index in [1.165, 1.54) is 31.8 Å². The minimum atomic E-state index is -0.639. The third-order valence-electron chi connectivity index (χ3n) is 5.33. The van der Waals surface area contributed by atoms with Crippen LogP contribution < -0.4 is 10.6 Å². The third kappa shape index (κ3) is 6.52. The molecule has 0 saturated heterocycles. The van der Waals surface area contributed by atoms with Gasteiger partial charge in [0.05, 0.1) is 17.9 Å². The van der Waals surface area contributed by atoms with Crippen molar-refractivity contribution in [1.82, 2.24) is 10.6 Å². The van der Waals surface area contributed by atoms with Gasteiger partial charge < -0.3 is 15.1 Å². The minimum absolute atomic E-state index is 0.0303. The molecular formula is C21H32N2O4. The van der Waals surface area contributed by atoms with Crippen molar-refractivity contribution in [2.45, 2.75) is 83.7 Å². The number of carbonyl (C=O) groups excluding carboxylic acids is 3. The summed E-state index contributed by atoms with van der Waals surface area (Å²) in [6.07, 6.45) is 11.0. The van der Waals surface area contributed by atoms with Gasteiger partial charge in [-0.25, -0.2) is 0 Å². The predicted octanol–water partition coefficient (Wildman–Crippen LogP) is 3.61. The molecular weight excluding hydrogens is 344 g/mol. The molecule has 2 N–H and O–H groups in total. The van der Waals surface area contributed by atoms with Crippen LogP contribution in [-0.2, 0) is 9.59 Å². The van der Waals surface area contributed by atoms with E-state index in [1.807, 2.05) is 6.92 Å². The van der Waals surface area contributed by atoms with E-state index in [0.29, 0.717) is 30.7 Å². The van der Waals surface area contributed by atoms with Crippen molar-refractivity contribution in [3.8, 4) is 0 Å². The van der Waals surface area contributed by atoms with Crippen molar-refractivity contribution in [2.75, 3.05) is 0 Å². The largest absolute Gasteiger partial charge is 0.472 e. The second kappa shape index (κ2) is 10.9. The van der Waals surface area contributed by atoms with Gasteiger partial charge in [0, 0.05) is 6.42 Å². The summed E-state index contributed by atoms with van der Waals surface area (Å²) in [5.41, 5.74) is 0.395. The number of nitrogens with one attached hydrogen (secondary N) is 2. The smallest absolute Gasteiger partial charge is 0.255 e. The van der Waals surface area contributed by atoms with E-state index in [-0.39, 0.29) is 17.6 Å². The molecule has 0 aliphatic heterocycles. The number of rotatable bonds is 10. The Morgan fingerprint density at radius 1 is 1.11 bits per heavy atom. The van der Waals surface area contributed by atoms with Gasteiger partial charge in [-0.3, -0.25) is 14.4 Å². The van der Waals surface area contributed by atoms with Gasteiger partial charge in [0.25, 0.3) is 5.91 Å². The zero-order valence-corrected chi connectivity index (χ0v) is 16.5. The fourth-order valence-corrected chi connectivity index (χ4v) is 3.74. The van der Waals surface area contributed by atoms with Crippen LogP contribution >= 0.6 is 0 Å². The van der Waals surface area contributed by atoms with Crippen molar-refractivity contribution < 1.29 is 18.8 Å². The van der Waals surface area contributed by atoms with Crippen LogP contribution in [0.1, 0.15) is 82.0 Å². The Morgan fingerprint density at radius 2 is 1.85 bits per heavy atom. The highest BCUT2D eigenvalue weighted by Gasteiger charge is 2.29. The first-order valence-electron chi connectivity index (χ1n) is 10.2. The SMILES string of the molecule is CCCC(NC(=O)[C@H](CC1CCCCC1)NC(=O)c1ccoc1)C(=O)CC. The molecule has 1 aromatic heterocycles. The Labute approximate surface area is 161 Å². The number of hydrogen-bond donors (Lipinski definition) is 2. The van der Waals surface area contributed by atoms with E-state index in [2.05, 4.69) is 10.6 Å². The molecule has 1 heterocycles. The summed E-state index contributed by atoms with van der Waals surface area (Å²) in [5, 5.41) is 5.73.